The van der Waals surface area contributed by atoms with Gasteiger partial charge in [-0.3, -0.25) is 14.4 Å². The van der Waals surface area contributed by atoms with Crippen LogP contribution in [0.1, 0.15) is 45.4 Å². The van der Waals surface area contributed by atoms with Crippen molar-refractivity contribution in [3.8, 4) is 0 Å². The fraction of sp³-hybridized carbons (Fsp3) is 0.786. The van der Waals surface area contributed by atoms with E-state index < -0.39 is 17.4 Å². The molecule has 0 aromatic carbocycles. The summed E-state index contributed by atoms with van der Waals surface area (Å²) in [6, 6.07) is -0.504. The lowest BCUT2D eigenvalue weighted by Gasteiger charge is -2.36. The van der Waals surface area contributed by atoms with Gasteiger partial charge in [-0.1, -0.05) is 6.92 Å². The number of nitrogens with one attached hydrogen (secondary N) is 2. The number of rotatable bonds is 4. The van der Waals surface area contributed by atoms with Gasteiger partial charge in [0.15, 0.2) is 0 Å². The van der Waals surface area contributed by atoms with Gasteiger partial charge in [-0.15, -0.1) is 0 Å². The first-order chi connectivity index (χ1) is 9.43. The van der Waals surface area contributed by atoms with Gasteiger partial charge in [0.2, 0.25) is 11.8 Å². The highest BCUT2D eigenvalue weighted by atomic mass is 16.4. The zero-order valence-electron chi connectivity index (χ0n) is 11.8. The smallest absolute Gasteiger partial charge is 0.311 e. The summed E-state index contributed by atoms with van der Waals surface area (Å²) in [5, 5.41) is 14.8. The third kappa shape index (κ3) is 3.11. The molecule has 0 aromatic rings. The zero-order chi connectivity index (χ0) is 14.8. The van der Waals surface area contributed by atoms with Crippen molar-refractivity contribution in [1.82, 2.24) is 10.6 Å². The van der Waals surface area contributed by atoms with Crippen LogP contribution in [0.2, 0.25) is 0 Å². The molecule has 2 amide bonds. The Kier molecular flexibility index (Phi) is 4.30. The fourth-order valence-corrected chi connectivity index (χ4v) is 2.97. The molecular formula is C14H22N2O4. The summed E-state index contributed by atoms with van der Waals surface area (Å²) in [4.78, 5) is 34.6. The predicted octanol–water partition coefficient (Wildman–Crippen LogP) is 0.662. The number of carboxylic acids is 1. The Morgan fingerprint density at radius 1 is 1.35 bits per heavy atom. The zero-order valence-corrected chi connectivity index (χ0v) is 11.8. The van der Waals surface area contributed by atoms with Crippen LogP contribution in [-0.4, -0.2) is 35.5 Å². The molecule has 6 heteroatoms. The van der Waals surface area contributed by atoms with E-state index in [1.165, 1.54) is 0 Å². The summed E-state index contributed by atoms with van der Waals surface area (Å²) in [7, 11) is 0. The lowest BCUT2D eigenvalue weighted by atomic mass is 9.71. The van der Waals surface area contributed by atoms with Gasteiger partial charge in [0, 0.05) is 13.0 Å². The van der Waals surface area contributed by atoms with Crippen LogP contribution in [0.5, 0.6) is 0 Å². The summed E-state index contributed by atoms with van der Waals surface area (Å²) >= 11 is 0. The maximum absolute atomic E-state index is 11.9. The normalized spacial score (nSPS) is 33.5. The quantitative estimate of drug-likeness (QED) is 0.706. The number of hydrogen-bond donors (Lipinski definition) is 3. The third-order valence-electron chi connectivity index (χ3n) is 4.60. The van der Waals surface area contributed by atoms with Crippen molar-refractivity contribution < 1.29 is 19.5 Å². The van der Waals surface area contributed by atoms with Gasteiger partial charge in [-0.05, 0) is 38.0 Å². The van der Waals surface area contributed by atoms with E-state index in [0.717, 1.165) is 12.8 Å². The first-order valence-corrected chi connectivity index (χ1v) is 7.23. The number of aliphatic carboxylic acids is 1. The second kappa shape index (κ2) is 5.81. The Labute approximate surface area is 118 Å². The van der Waals surface area contributed by atoms with E-state index in [0.29, 0.717) is 31.6 Å². The topological polar surface area (TPSA) is 95.5 Å². The third-order valence-corrected chi connectivity index (χ3v) is 4.60. The van der Waals surface area contributed by atoms with Crippen LogP contribution in [0.15, 0.2) is 0 Å². The van der Waals surface area contributed by atoms with Crippen LogP contribution in [0.3, 0.4) is 0 Å². The largest absolute Gasteiger partial charge is 0.481 e. The molecular weight excluding hydrogens is 260 g/mol. The molecule has 2 aliphatic rings. The van der Waals surface area contributed by atoms with Crippen LogP contribution in [-0.2, 0) is 14.4 Å². The molecule has 2 rings (SSSR count). The number of amides is 2. The SMILES string of the molecule is CC1CCC(CNC(=O)[C@@H]2CCC(=O)N2)(C(=O)O)CC1. The second-order valence-electron chi connectivity index (χ2n) is 6.14. The van der Waals surface area contributed by atoms with Gasteiger partial charge in [-0.2, -0.15) is 0 Å². The Morgan fingerprint density at radius 3 is 2.50 bits per heavy atom. The van der Waals surface area contributed by atoms with E-state index in [-0.39, 0.29) is 18.4 Å². The van der Waals surface area contributed by atoms with E-state index >= 15 is 0 Å². The second-order valence-corrected chi connectivity index (χ2v) is 6.14. The summed E-state index contributed by atoms with van der Waals surface area (Å²) < 4.78 is 0. The lowest BCUT2D eigenvalue weighted by Crippen LogP contribution is -2.49. The van der Waals surface area contributed by atoms with Crippen LogP contribution in [0, 0.1) is 11.3 Å². The van der Waals surface area contributed by atoms with Crippen molar-refractivity contribution in [3.63, 3.8) is 0 Å². The minimum Gasteiger partial charge on any atom is -0.481 e. The summed E-state index contributed by atoms with van der Waals surface area (Å²) in [5.74, 6) is -0.674. The van der Waals surface area contributed by atoms with Crippen molar-refractivity contribution in [2.45, 2.75) is 51.5 Å². The number of hydrogen-bond acceptors (Lipinski definition) is 3. The molecule has 2 fully saturated rings. The maximum atomic E-state index is 11.9. The molecule has 20 heavy (non-hydrogen) atoms. The average Bonchev–Trinajstić information content (AvgIpc) is 2.84. The molecule has 1 saturated heterocycles. The van der Waals surface area contributed by atoms with Gasteiger partial charge in [0.25, 0.3) is 0 Å². The number of carbonyl (C=O) groups excluding carboxylic acids is 2. The highest BCUT2D eigenvalue weighted by Gasteiger charge is 2.42. The van der Waals surface area contributed by atoms with Gasteiger partial charge in [-0.25, -0.2) is 0 Å². The van der Waals surface area contributed by atoms with E-state index in [2.05, 4.69) is 17.6 Å². The molecule has 112 valence electrons. The molecule has 1 saturated carbocycles. The predicted molar refractivity (Wildman–Crippen MR) is 71.9 cm³/mol. The van der Waals surface area contributed by atoms with Gasteiger partial charge < -0.3 is 15.7 Å². The van der Waals surface area contributed by atoms with Crippen molar-refractivity contribution in [1.29, 1.82) is 0 Å². The number of carbonyl (C=O) groups is 3. The van der Waals surface area contributed by atoms with Crippen LogP contribution >= 0.6 is 0 Å². The number of carboxylic acid groups (broad SMARTS) is 1. The molecule has 0 unspecified atom stereocenters. The van der Waals surface area contributed by atoms with E-state index in [1.807, 2.05) is 0 Å². The van der Waals surface area contributed by atoms with Gasteiger partial charge in [0.1, 0.15) is 6.04 Å². The Balaban J connectivity index is 1.91. The maximum Gasteiger partial charge on any atom is 0.311 e. The van der Waals surface area contributed by atoms with E-state index in [9.17, 15) is 19.5 Å². The molecule has 0 radical (unpaired) electrons. The highest BCUT2D eigenvalue weighted by molar-refractivity contribution is 5.91. The first kappa shape index (κ1) is 14.8. The van der Waals surface area contributed by atoms with Crippen molar-refractivity contribution in [2.75, 3.05) is 6.54 Å². The molecule has 0 aromatic heterocycles. The summed E-state index contributed by atoms with van der Waals surface area (Å²) in [6.45, 7) is 2.28. The molecule has 1 aliphatic carbocycles. The Morgan fingerprint density at radius 2 is 2.00 bits per heavy atom. The van der Waals surface area contributed by atoms with Gasteiger partial charge in [0.05, 0.1) is 5.41 Å². The summed E-state index contributed by atoms with van der Waals surface area (Å²) in [5.41, 5.74) is -0.842. The molecule has 0 spiro atoms. The van der Waals surface area contributed by atoms with E-state index in [1.54, 1.807) is 0 Å². The molecule has 6 nitrogen and oxygen atoms in total. The standard InChI is InChI=1S/C14H22N2O4/c1-9-4-6-14(7-5-9,13(19)20)8-15-12(18)10-2-3-11(17)16-10/h9-10H,2-8H2,1H3,(H,15,18)(H,16,17)(H,19,20)/t9?,10-,14?/m0/s1. The van der Waals surface area contributed by atoms with Crippen molar-refractivity contribution in [2.24, 2.45) is 11.3 Å². The molecule has 3 N–H and O–H groups in total. The molecule has 1 heterocycles. The monoisotopic (exact) mass is 282 g/mol. The average molecular weight is 282 g/mol. The highest BCUT2D eigenvalue weighted by Crippen LogP contribution is 2.38. The molecule has 1 aliphatic heterocycles. The van der Waals surface area contributed by atoms with Crippen LogP contribution in [0.25, 0.3) is 0 Å². The van der Waals surface area contributed by atoms with Crippen LogP contribution in [0.4, 0.5) is 0 Å². The summed E-state index contributed by atoms with van der Waals surface area (Å²) in [6.07, 6.45) is 3.80. The van der Waals surface area contributed by atoms with Crippen molar-refractivity contribution in [3.05, 3.63) is 0 Å². The Bertz CT molecular complexity index is 413. The van der Waals surface area contributed by atoms with Crippen LogP contribution < -0.4 is 10.6 Å². The lowest BCUT2D eigenvalue weighted by molar-refractivity contribution is -0.151. The van der Waals surface area contributed by atoms with Crippen molar-refractivity contribution >= 4 is 17.8 Å². The first-order valence-electron chi connectivity index (χ1n) is 7.23. The Hall–Kier alpha value is -1.59. The van der Waals surface area contributed by atoms with E-state index in [4.69, 9.17) is 0 Å². The minimum absolute atomic E-state index is 0.121. The minimum atomic E-state index is -0.842. The van der Waals surface area contributed by atoms with Gasteiger partial charge >= 0.3 is 5.97 Å². The molecule has 1 atom stereocenters. The molecule has 0 bridgehead atoms. The fourth-order valence-electron chi connectivity index (χ4n) is 2.97.